The van der Waals surface area contributed by atoms with E-state index in [1.807, 2.05) is 0 Å². The van der Waals surface area contributed by atoms with Crippen molar-refractivity contribution in [1.29, 1.82) is 0 Å². The van der Waals surface area contributed by atoms with Crippen LogP contribution in [-0.4, -0.2) is 46.7 Å². The summed E-state index contributed by atoms with van der Waals surface area (Å²) in [6, 6.07) is 5.70. The van der Waals surface area contributed by atoms with Gasteiger partial charge in [-0.3, -0.25) is 4.79 Å². The summed E-state index contributed by atoms with van der Waals surface area (Å²) in [4.78, 5) is 12.0. The van der Waals surface area contributed by atoms with Gasteiger partial charge in [-0.05, 0) is 38.1 Å². The first kappa shape index (κ1) is 21.8. The van der Waals surface area contributed by atoms with E-state index in [0.29, 0.717) is 12.1 Å². The number of halogens is 1. The second kappa shape index (κ2) is 9.19. The zero-order valence-electron chi connectivity index (χ0n) is 13.5. The monoisotopic (exact) mass is 365 g/mol. The lowest BCUT2D eigenvalue weighted by atomic mass is 10.1. The number of nitrogens with two attached hydrogens (primary N) is 1. The van der Waals surface area contributed by atoms with E-state index >= 15 is 0 Å². The highest BCUT2D eigenvalue weighted by atomic mass is 35.5. The lowest BCUT2D eigenvalue weighted by Gasteiger charge is -2.18. The molecule has 0 radical (unpaired) electrons. The number of nitrogens with one attached hydrogen (secondary N) is 2. The molecule has 0 saturated carbocycles. The van der Waals surface area contributed by atoms with Crippen LogP contribution in [0.2, 0.25) is 0 Å². The zero-order chi connectivity index (χ0) is 16.8. The van der Waals surface area contributed by atoms with Gasteiger partial charge >= 0.3 is 0 Å². The average Bonchev–Trinajstić information content (AvgIpc) is 2.44. The first-order valence-corrected chi connectivity index (χ1v) is 8.30. The van der Waals surface area contributed by atoms with Gasteiger partial charge in [-0.1, -0.05) is 0 Å². The normalized spacial score (nSPS) is 11.7. The Kier molecular flexibility index (Phi) is 8.71. The highest BCUT2D eigenvalue weighted by molar-refractivity contribution is 7.89. The summed E-state index contributed by atoms with van der Waals surface area (Å²) >= 11 is 0. The molecule has 0 bridgehead atoms. The number of sulfonamides is 1. The molecule has 4 N–H and O–H groups in total. The SMILES string of the molecule is COCCNS(=O)(=O)c1ccc(C(=O)NCC(C)(C)N)cc1.Cl. The van der Waals surface area contributed by atoms with E-state index < -0.39 is 15.6 Å². The lowest BCUT2D eigenvalue weighted by Crippen LogP contribution is -2.45. The summed E-state index contributed by atoms with van der Waals surface area (Å²) in [5.41, 5.74) is 5.65. The minimum atomic E-state index is -3.59. The predicted molar refractivity (Wildman–Crippen MR) is 91.4 cm³/mol. The van der Waals surface area contributed by atoms with Crippen molar-refractivity contribution in [2.75, 3.05) is 26.8 Å². The molecule has 0 aliphatic carbocycles. The summed E-state index contributed by atoms with van der Waals surface area (Å²) in [5.74, 6) is -0.296. The van der Waals surface area contributed by atoms with Crippen LogP contribution in [-0.2, 0) is 14.8 Å². The maximum Gasteiger partial charge on any atom is 0.251 e. The van der Waals surface area contributed by atoms with Crippen molar-refractivity contribution in [3.8, 4) is 0 Å². The Morgan fingerprint density at radius 3 is 2.30 bits per heavy atom. The molecule has 0 saturated heterocycles. The first-order chi connectivity index (χ1) is 10.2. The minimum Gasteiger partial charge on any atom is -0.383 e. The number of rotatable bonds is 8. The number of benzene rings is 1. The molecule has 0 aliphatic heterocycles. The average molecular weight is 366 g/mol. The third-order valence-corrected chi connectivity index (χ3v) is 4.21. The first-order valence-electron chi connectivity index (χ1n) is 6.81. The summed E-state index contributed by atoms with van der Waals surface area (Å²) in [6.07, 6.45) is 0. The molecule has 0 heterocycles. The van der Waals surface area contributed by atoms with Gasteiger partial charge in [0, 0.05) is 31.3 Å². The van der Waals surface area contributed by atoms with Crippen LogP contribution in [0, 0.1) is 0 Å². The maximum absolute atomic E-state index is 12.0. The number of carbonyl (C=O) groups is 1. The van der Waals surface area contributed by atoms with E-state index in [-0.39, 0.29) is 36.4 Å². The fourth-order valence-electron chi connectivity index (χ4n) is 1.56. The second-order valence-corrected chi connectivity index (χ2v) is 7.35. The molecule has 1 rings (SSSR count). The molecular weight excluding hydrogens is 342 g/mol. The number of ether oxygens (including phenoxy) is 1. The van der Waals surface area contributed by atoms with Crippen molar-refractivity contribution >= 4 is 28.3 Å². The maximum atomic E-state index is 12.0. The van der Waals surface area contributed by atoms with E-state index in [1.165, 1.54) is 31.4 Å². The summed E-state index contributed by atoms with van der Waals surface area (Å²) in [7, 11) is -2.10. The van der Waals surface area contributed by atoms with Crippen LogP contribution in [0.5, 0.6) is 0 Å². The molecule has 0 aromatic heterocycles. The van der Waals surface area contributed by atoms with Crippen LogP contribution in [0.1, 0.15) is 24.2 Å². The van der Waals surface area contributed by atoms with Crippen LogP contribution in [0.15, 0.2) is 29.2 Å². The Morgan fingerprint density at radius 1 is 1.26 bits per heavy atom. The van der Waals surface area contributed by atoms with Gasteiger partial charge in [-0.15, -0.1) is 12.4 Å². The van der Waals surface area contributed by atoms with Crippen molar-refractivity contribution in [3.63, 3.8) is 0 Å². The minimum absolute atomic E-state index is 0. The number of carbonyl (C=O) groups excluding carboxylic acids is 1. The van der Waals surface area contributed by atoms with Crippen LogP contribution in [0.25, 0.3) is 0 Å². The highest BCUT2D eigenvalue weighted by Gasteiger charge is 2.16. The topological polar surface area (TPSA) is 111 Å². The predicted octanol–water partition coefficient (Wildman–Crippen LogP) is 0.500. The Labute approximate surface area is 143 Å². The van der Waals surface area contributed by atoms with E-state index in [1.54, 1.807) is 13.8 Å². The fourth-order valence-corrected chi connectivity index (χ4v) is 2.57. The van der Waals surface area contributed by atoms with Crippen LogP contribution in [0.4, 0.5) is 0 Å². The molecule has 9 heteroatoms. The molecule has 132 valence electrons. The van der Waals surface area contributed by atoms with Gasteiger partial charge < -0.3 is 15.8 Å². The Hall–Kier alpha value is -1.19. The molecule has 1 aromatic carbocycles. The summed E-state index contributed by atoms with van der Waals surface area (Å²) in [6.45, 7) is 4.40. The molecule has 0 atom stereocenters. The van der Waals surface area contributed by atoms with E-state index in [0.717, 1.165) is 0 Å². The van der Waals surface area contributed by atoms with Crippen molar-refractivity contribution < 1.29 is 17.9 Å². The molecule has 0 fully saturated rings. The lowest BCUT2D eigenvalue weighted by molar-refractivity contribution is 0.0946. The molecule has 7 nitrogen and oxygen atoms in total. The molecule has 1 aromatic rings. The van der Waals surface area contributed by atoms with Crippen molar-refractivity contribution in [2.45, 2.75) is 24.3 Å². The molecule has 0 aliphatic rings. The van der Waals surface area contributed by atoms with Crippen LogP contribution < -0.4 is 15.8 Å². The molecule has 1 amide bonds. The summed E-state index contributed by atoms with van der Waals surface area (Å²) in [5, 5.41) is 2.69. The molecular formula is C14H24ClN3O4S. The van der Waals surface area contributed by atoms with Gasteiger partial charge in [0.2, 0.25) is 10.0 Å². The fraction of sp³-hybridized carbons (Fsp3) is 0.500. The van der Waals surface area contributed by atoms with E-state index in [2.05, 4.69) is 10.0 Å². The summed E-state index contributed by atoms with van der Waals surface area (Å²) < 4.78 is 31.1. The van der Waals surface area contributed by atoms with Gasteiger partial charge in [0.1, 0.15) is 0 Å². The second-order valence-electron chi connectivity index (χ2n) is 5.59. The third-order valence-electron chi connectivity index (χ3n) is 2.73. The van der Waals surface area contributed by atoms with Gasteiger partial charge in [-0.2, -0.15) is 0 Å². The Bertz CT molecular complexity index is 597. The number of amides is 1. The van der Waals surface area contributed by atoms with Crippen LogP contribution in [0.3, 0.4) is 0 Å². The number of hydrogen-bond acceptors (Lipinski definition) is 5. The van der Waals surface area contributed by atoms with E-state index in [4.69, 9.17) is 10.5 Å². The van der Waals surface area contributed by atoms with E-state index in [9.17, 15) is 13.2 Å². The van der Waals surface area contributed by atoms with Gasteiger partial charge in [0.05, 0.1) is 11.5 Å². The van der Waals surface area contributed by atoms with Gasteiger partial charge in [0.15, 0.2) is 0 Å². The molecule has 23 heavy (non-hydrogen) atoms. The standard InChI is InChI=1S/C14H23N3O4S.ClH/c1-14(2,15)10-16-13(18)11-4-6-12(7-5-11)22(19,20)17-8-9-21-3;/h4-7,17H,8-10,15H2,1-3H3,(H,16,18);1H. The number of methoxy groups -OCH3 is 1. The van der Waals surface area contributed by atoms with Crippen molar-refractivity contribution in [1.82, 2.24) is 10.0 Å². The zero-order valence-corrected chi connectivity index (χ0v) is 15.1. The van der Waals surface area contributed by atoms with Crippen molar-refractivity contribution in [2.24, 2.45) is 5.73 Å². The third kappa shape index (κ3) is 7.76. The largest absolute Gasteiger partial charge is 0.383 e. The number of hydrogen-bond donors (Lipinski definition) is 3. The van der Waals surface area contributed by atoms with Crippen molar-refractivity contribution in [3.05, 3.63) is 29.8 Å². The molecule has 0 unspecified atom stereocenters. The van der Waals surface area contributed by atoms with Gasteiger partial charge in [-0.25, -0.2) is 13.1 Å². The van der Waals surface area contributed by atoms with Crippen LogP contribution >= 0.6 is 12.4 Å². The quantitative estimate of drug-likeness (QED) is 0.581. The Morgan fingerprint density at radius 2 is 1.83 bits per heavy atom. The smallest absolute Gasteiger partial charge is 0.251 e. The molecule has 0 spiro atoms. The Balaban J connectivity index is 0.00000484. The van der Waals surface area contributed by atoms with Gasteiger partial charge in [0.25, 0.3) is 5.91 Å². The highest BCUT2D eigenvalue weighted by Crippen LogP contribution is 2.10.